The van der Waals surface area contributed by atoms with Crippen molar-refractivity contribution in [3.05, 3.63) is 36.0 Å². The van der Waals surface area contributed by atoms with E-state index in [-0.39, 0.29) is 6.04 Å². The van der Waals surface area contributed by atoms with Crippen molar-refractivity contribution < 1.29 is 9.15 Å². The highest BCUT2D eigenvalue weighted by molar-refractivity contribution is 5.45. The van der Waals surface area contributed by atoms with Crippen LogP contribution >= 0.6 is 0 Å². The molecule has 20 heavy (non-hydrogen) atoms. The molecular weight excluding hydrogens is 256 g/mol. The number of nitrogens with two attached hydrogens (primary N) is 1. The van der Waals surface area contributed by atoms with Gasteiger partial charge in [-0.05, 0) is 25.5 Å². The summed E-state index contributed by atoms with van der Waals surface area (Å²) in [5, 5.41) is 3.32. The summed E-state index contributed by atoms with van der Waals surface area (Å²) in [6.45, 7) is 2.44. The van der Waals surface area contributed by atoms with Crippen molar-refractivity contribution >= 4 is 11.6 Å². The lowest BCUT2D eigenvalue weighted by Gasteiger charge is -2.14. The fraction of sp³-hybridized carbons (Fsp3) is 0.429. The maximum absolute atomic E-state index is 5.75. The summed E-state index contributed by atoms with van der Waals surface area (Å²) in [4.78, 5) is 8.46. The van der Waals surface area contributed by atoms with Crippen LogP contribution in [0.15, 0.2) is 28.9 Å². The molecule has 0 aromatic carbocycles. The maximum atomic E-state index is 5.75. The van der Waals surface area contributed by atoms with Crippen LogP contribution in [-0.2, 0) is 17.8 Å². The number of aromatic nitrogens is 2. The second-order valence-electron chi connectivity index (χ2n) is 4.69. The van der Waals surface area contributed by atoms with E-state index in [1.165, 1.54) is 0 Å². The Labute approximate surface area is 118 Å². The molecule has 6 heteroatoms. The van der Waals surface area contributed by atoms with E-state index in [1.807, 2.05) is 12.1 Å². The second kappa shape index (κ2) is 6.91. The predicted octanol–water partition coefficient (Wildman–Crippen LogP) is 2.23. The van der Waals surface area contributed by atoms with Gasteiger partial charge in [0, 0.05) is 25.6 Å². The zero-order valence-corrected chi connectivity index (χ0v) is 11.8. The van der Waals surface area contributed by atoms with Crippen LogP contribution in [0.4, 0.5) is 11.6 Å². The maximum Gasteiger partial charge on any atom is 0.158 e. The molecule has 0 saturated heterocycles. The number of methoxy groups -OCH3 is 1. The molecule has 2 aromatic heterocycles. The van der Waals surface area contributed by atoms with Gasteiger partial charge in [0.1, 0.15) is 24.0 Å². The summed E-state index contributed by atoms with van der Waals surface area (Å²) in [5.74, 6) is 2.72. The third-order valence-electron chi connectivity index (χ3n) is 2.86. The predicted molar refractivity (Wildman–Crippen MR) is 77.3 cm³/mol. The van der Waals surface area contributed by atoms with E-state index in [4.69, 9.17) is 14.9 Å². The summed E-state index contributed by atoms with van der Waals surface area (Å²) in [7, 11) is 1.60. The lowest BCUT2D eigenvalue weighted by Crippen LogP contribution is -2.18. The van der Waals surface area contributed by atoms with Gasteiger partial charge in [-0.25, -0.2) is 9.97 Å². The van der Waals surface area contributed by atoms with E-state index in [2.05, 4.69) is 22.2 Å². The average Bonchev–Trinajstić information content (AvgIpc) is 2.89. The summed E-state index contributed by atoms with van der Waals surface area (Å²) >= 11 is 0. The van der Waals surface area contributed by atoms with Crippen LogP contribution in [0.3, 0.4) is 0 Å². The Morgan fingerprint density at radius 3 is 3.00 bits per heavy atom. The van der Waals surface area contributed by atoms with Crippen LogP contribution in [0.5, 0.6) is 0 Å². The molecule has 2 heterocycles. The van der Waals surface area contributed by atoms with E-state index in [9.17, 15) is 0 Å². The first-order chi connectivity index (χ1) is 9.67. The fourth-order valence-corrected chi connectivity index (χ4v) is 1.92. The van der Waals surface area contributed by atoms with Gasteiger partial charge in [-0.2, -0.15) is 0 Å². The van der Waals surface area contributed by atoms with Crippen LogP contribution < -0.4 is 11.1 Å². The lowest BCUT2D eigenvalue weighted by atomic mass is 10.1. The van der Waals surface area contributed by atoms with Crippen molar-refractivity contribution in [3.8, 4) is 0 Å². The molecule has 0 amide bonds. The van der Waals surface area contributed by atoms with Crippen LogP contribution in [0, 0.1) is 0 Å². The first kappa shape index (κ1) is 14.3. The van der Waals surface area contributed by atoms with Gasteiger partial charge in [0.05, 0.1) is 6.26 Å². The largest absolute Gasteiger partial charge is 0.469 e. The number of nitrogens with one attached hydrogen (secondary N) is 1. The highest BCUT2D eigenvalue weighted by atomic mass is 16.5. The molecule has 0 fully saturated rings. The van der Waals surface area contributed by atoms with E-state index in [1.54, 1.807) is 19.4 Å². The van der Waals surface area contributed by atoms with Gasteiger partial charge in [-0.15, -0.1) is 0 Å². The molecule has 108 valence electrons. The van der Waals surface area contributed by atoms with Crippen LogP contribution in [0.25, 0.3) is 0 Å². The van der Waals surface area contributed by atoms with Gasteiger partial charge in [0.2, 0.25) is 0 Å². The quantitative estimate of drug-likeness (QED) is 0.806. The van der Waals surface area contributed by atoms with Gasteiger partial charge in [-0.1, -0.05) is 0 Å². The molecule has 0 aliphatic rings. The number of nitrogens with zero attached hydrogens (tertiary/aromatic N) is 2. The number of anilines is 2. The van der Waals surface area contributed by atoms with Gasteiger partial charge in [0.25, 0.3) is 0 Å². The summed E-state index contributed by atoms with van der Waals surface area (Å²) in [6.07, 6.45) is 3.51. The lowest BCUT2D eigenvalue weighted by molar-refractivity contribution is 0.178. The van der Waals surface area contributed by atoms with Crippen molar-refractivity contribution in [1.82, 2.24) is 9.97 Å². The SMILES string of the molecule is COCc1nc(N)cc(NC(C)CCc2ccco2)n1. The average molecular weight is 276 g/mol. The molecule has 2 rings (SSSR count). The number of furan rings is 1. The first-order valence-electron chi connectivity index (χ1n) is 6.58. The number of hydrogen-bond donors (Lipinski definition) is 2. The van der Waals surface area contributed by atoms with Crippen molar-refractivity contribution in [3.63, 3.8) is 0 Å². The highest BCUT2D eigenvalue weighted by Crippen LogP contribution is 2.13. The zero-order chi connectivity index (χ0) is 14.4. The molecule has 0 spiro atoms. The van der Waals surface area contributed by atoms with Gasteiger partial charge in [0.15, 0.2) is 5.82 Å². The Morgan fingerprint density at radius 2 is 2.30 bits per heavy atom. The van der Waals surface area contributed by atoms with E-state index in [0.29, 0.717) is 18.2 Å². The molecule has 0 bridgehead atoms. The minimum absolute atomic E-state index is 0.254. The molecule has 1 atom stereocenters. The van der Waals surface area contributed by atoms with E-state index < -0.39 is 0 Å². The topological polar surface area (TPSA) is 86.2 Å². The Morgan fingerprint density at radius 1 is 1.45 bits per heavy atom. The minimum Gasteiger partial charge on any atom is -0.469 e. The minimum atomic E-state index is 0.254. The molecule has 0 aliphatic carbocycles. The number of nitrogen functional groups attached to an aromatic ring is 1. The van der Waals surface area contributed by atoms with Crippen molar-refractivity contribution in [1.29, 1.82) is 0 Å². The van der Waals surface area contributed by atoms with Crippen molar-refractivity contribution in [2.75, 3.05) is 18.2 Å². The Bertz CT molecular complexity index is 528. The van der Waals surface area contributed by atoms with E-state index >= 15 is 0 Å². The number of hydrogen-bond acceptors (Lipinski definition) is 6. The first-order valence-corrected chi connectivity index (χ1v) is 6.58. The molecule has 2 aromatic rings. The summed E-state index contributed by atoms with van der Waals surface area (Å²) in [5.41, 5.74) is 5.75. The number of rotatable bonds is 7. The van der Waals surface area contributed by atoms with Gasteiger partial charge in [-0.3, -0.25) is 0 Å². The Balaban J connectivity index is 1.91. The summed E-state index contributed by atoms with van der Waals surface area (Å²) in [6, 6.07) is 5.86. The molecular formula is C14H20N4O2. The molecule has 0 saturated carbocycles. The van der Waals surface area contributed by atoms with Crippen LogP contribution in [0.1, 0.15) is 24.9 Å². The van der Waals surface area contributed by atoms with Crippen molar-refractivity contribution in [2.24, 2.45) is 0 Å². The van der Waals surface area contributed by atoms with Crippen molar-refractivity contribution in [2.45, 2.75) is 32.4 Å². The number of ether oxygens (including phenoxy) is 1. The Kier molecular flexibility index (Phi) is 4.95. The van der Waals surface area contributed by atoms with Crippen LogP contribution in [0.2, 0.25) is 0 Å². The molecule has 6 nitrogen and oxygen atoms in total. The van der Waals surface area contributed by atoms with Gasteiger partial charge < -0.3 is 20.2 Å². The zero-order valence-electron chi connectivity index (χ0n) is 11.8. The summed E-state index contributed by atoms with van der Waals surface area (Å²) < 4.78 is 10.3. The highest BCUT2D eigenvalue weighted by Gasteiger charge is 2.07. The standard InChI is InChI=1S/C14H20N4O2/c1-10(5-6-11-4-3-7-20-11)16-13-8-12(15)17-14(18-13)9-19-2/h3-4,7-8,10H,5-6,9H2,1-2H3,(H3,15,16,17,18). The normalized spacial score (nSPS) is 12.3. The molecule has 0 radical (unpaired) electrons. The fourth-order valence-electron chi connectivity index (χ4n) is 1.92. The third-order valence-corrected chi connectivity index (χ3v) is 2.86. The monoisotopic (exact) mass is 276 g/mol. The van der Waals surface area contributed by atoms with Crippen LogP contribution in [-0.4, -0.2) is 23.1 Å². The van der Waals surface area contributed by atoms with Gasteiger partial charge >= 0.3 is 0 Å². The smallest absolute Gasteiger partial charge is 0.158 e. The molecule has 0 aliphatic heterocycles. The third kappa shape index (κ3) is 4.24. The molecule has 1 unspecified atom stereocenters. The molecule has 3 N–H and O–H groups in total. The Hall–Kier alpha value is -2.08. The number of aryl methyl sites for hydroxylation is 1. The second-order valence-corrected chi connectivity index (χ2v) is 4.69. The van der Waals surface area contributed by atoms with E-state index in [0.717, 1.165) is 24.4 Å².